The van der Waals surface area contributed by atoms with Crippen molar-refractivity contribution in [3.05, 3.63) is 150 Å². The Morgan fingerprint density at radius 3 is 0.938 bits per heavy atom. The van der Waals surface area contributed by atoms with Crippen LogP contribution in [-0.4, -0.2) is 234 Å². The maximum atomic E-state index is 13.2. The summed E-state index contributed by atoms with van der Waals surface area (Å²) in [5, 5.41) is 99.9. The van der Waals surface area contributed by atoms with E-state index in [9.17, 15) is 79.2 Å². The van der Waals surface area contributed by atoms with Gasteiger partial charge < -0.3 is 98.7 Å². The summed E-state index contributed by atoms with van der Waals surface area (Å²) in [6, 6.07) is 5.72. The first-order valence-electron chi connectivity index (χ1n) is 51.8. The number of fused-ring (bicyclic) bond motifs is 4. The molecule has 4 atom stereocenters. The van der Waals surface area contributed by atoms with E-state index >= 15 is 0 Å². The number of nitrogens with zero attached hydrogens (tertiary/aromatic N) is 8. The number of carbonyl (C=O) groups is 8. The molecule has 8 heterocycles. The fourth-order valence-electron chi connectivity index (χ4n) is 18.3. The predicted molar refractivity (Wildman–Crippen MR) is 554 cm³/mol. The maximum Gasteiger partial charge on any atom is 0.342 e. The Bertz CT molecular complexity index is 5020. The molecule has 0 spiro atoms. The number of benzene rings is 4. The minimum absolute atomic E-state index is 0.0191. The fourth-order valence-corrected chi connectivity index (χ4v) is 18.9. The number of halogens is 3. The summed E-state index contributed by atoms with van der Waals surface area (Å²) in [5.41, 5.74) is 3.98. The highest BCUT2D eigenvalue weighted by molar-refractivity contribution is 6.35. The molecule has 4 amide bonds. The molecule has 4 saturated heterocycles. The molecule has 4 unspecified atom stereocenters. The first kappa shape index (κ1) is 116. The van der Waals surface area contributed by atoms with E-state index in [1.807, 2.05) is 65.0 Å². The predicted octanol–water partition coefficient (Wildman–Crippen LogP) is 21.6. The second-order valence-electron chi connectivity index (χ2n) is 37.7. The van der Waals surface area contributed by atoms with Gasteiger partial charge in [-0.3, -0.25) is 19.2 Å². The second-order valence-corrected chi connectivity index (χ2v) is 38.9. The third-order valence-electron chi connectivity index (χ3n) is 26.0. The Kier molecular flexibility index (Phi) is 50.8. The quantitative estimate of drug-likeness (QED) is 0.0176. The lowest BCUT2D eigenvalue weighted by atomic mass is 9.97. The number of piperidine rings is 4. The standard InChI is InChI=1S/C28H37ClN2O6.2C27H37ClN2O6.C27H38N2O6/c1-3-10-21-12-7-4-6-11-19(2)15-20(30-36-18-25(34)31-13-8-5-9-14-31)16-22-26(28(35)37-21)23(32)17-24(33)27(22)29;2*1-2-11-20-13-8-5-3-4-7-12-19(29-35-18-24(33)30-14-9-6-10-15-30)16-21-25(27(34)36-20)22(31)17-23(32)26(21)28;1-2-11-23-13-8-5-3-4-7-12-21(28-34-19-25(32)29-14-9-6-10-15-29)16-20-17-22(30)18-24(31)26(20)27(33)35-23/h4,7,15,17,21,32-33H,3,5-6,8-14,16,18H2,1-2H3;2*5,8,17,20,31-32H,2-4,6-7,9-16,18H2,1H3;5,8,17-18,23,30-31H,2-4,6-7,9-16,19H2,1H3/b7-4+,19-15+,30-20+;8-5+,29-19+;8-5+,29-19-;8-5+,28-21-. The largest absolute Gasteiger partial charge is 0.508 e. The molecule has 35 heteroatoms. The Balaban J connectivity index is 0.000000214. The number of esters is 4. The van der Waals surface area contributed by atoms with Crippen molar-refractivity contribution in [1.29, 1.82) is 0 Å². The van der Waals surface area contributed by atoms with Gasteiger partial charge in [0.25, 0.3) is 23.6 Å². The van der Waals surface area contributed by atoms with Crippen LogP contribution in [0, 0.1) is 0 Å². The van der Waals surface area contributed by atoms with E-state index in [-0.39, 0.29) is 183 Å². The van der Waals surface area contributed by atoms with E-state index in [0.717, 1.165) is 249 Å². The van der Waals surface area contributed by atoms with E-state index in [4.69, 9.17) is 73.1 Å². The monoisotopic (exact) mass is 2060 g/mol. The number of oxime groups is 4. The molecule has 144 heavy (non-hydrogen) atoms. The number of phenols is 8. The van der Waals surface area contributed by atoms with Crippen molar-refractivity contribution in [3.8, 4) is 46.0 Å². The molecule has 8 N–H and O–H groups in total. The Morgan fingerprint density at radius 2 is 0.618 bits per heavy atom. The number of hydrogen-bond donors (Lipinski definition) is 8. The van der Waals surface area contributed by atoms with Gasteiger partial charge in [0.2, 0.25) is 0 Å². The molecule has 8 aliphatic heterocycles. The van der Waals surface area contributed by atoms with Crippen LogP contribution in [0.1, 0.15) is 342 Å². The lowest BCUT2D eigenvalue weighted by Crippen LogP contribution is -2.37. The normalized spacial score (nSPS) is 22.2. The van der Waals surface area contributed by atoms with Crippen LogP contribution >= 0.6 is 34.8 Å². The van der Waals surface area contributed by atoms with E-state index in [2.05, 4.69) is 44.9 Å². The van der Waals surface area contributed by atoms with Gasteiger partial charge in [0, 0.05) is 128 Å². The van der Waals surface area contributed by atoms with Crippen LogP contribution in [0.4, 0.5) is 0 Å². The number of carbonyl (C=O) groups excluding carboxylic acids is 8. The summed E-state index contributed by atoms with van der Waals surface area (Å²) in [6.07, 6.45) is 49.4. The highest BCUT2D eigenvalue weighted by atomic mass is 35.5. The van der Waals surface area contributed by atoms with E-state index in [1.54, 1.807) is 19.6 Å². The Morgan fingerprint density at radius 1 is 0.333 bits per heavy atom. The van der Waals surface area contributed by atoms with Crippen molar-refractivity contribution < 1.29 is 118 Å². The zero-order valence-electron chi connectivity index (χ0n) is 84.4. The highest BCUT2D eigenvalue weighted by Gasteiger charge is 2.34. The average molecular weight is 2060 g/mol. The first-order valence-corrected chi connectivity index (χ1v) is 52.9. The first-order chi connectivity index (χ1) is 69.6. The van der Waals surface area contributed by atoms with E-state index in [1.165, 1.54) is 6.07 Å². The van der Waals surface area contributed by atoms with Gasteiger partial charge in [-0.05, 0) is 234 Å². The van der Waals surface area contributed by atoms with Gasteiger partial charge in [-0.25, -0.2) is 19.2 Å². The van der Waals surface area contributed by atoms with Gasteiger partial charge in [-0.2, -0.15) is 0 Å². The van der Waals surface area contributed by atoms with Gasteiger partial charge in [-0.15, -0.1) is 0 Å². The van der Waals surface area contributed by atoms with Crippen molar-refractivity contribution in [1.82, 2.24) is 19.6 Å². The SMILES string of the molecule is CCCC1C/C=C/CC/C(C)=C/C(=N\OCC(=O)N2CCCCC2)Cc2c(Cl)c(O)cc(O)c2C(=O)O1.CCCC1C/C=C/CCCC/C(=N/OCC(=O)N2CCCCC2)Cc2c(Cl)c(O)cc(O)c2C(=O)O1.CCCC1C/C=C/CCCC/C(=N/OCC(=O)N2CCCCC2)Cc2cc(O)cc(O)c2C(=O)O1.CCCC1C/C=C/CCCC/C(=N\OCC(=O)N2CCCCC2)Cc2c(Cl)c(O)cc(O)c2C(=O)O1. The lowest BCUT2D eigenvalue weighted by molar-refractivity contribution is -0.137. The summed E-state index contributed by atoms with van der Waals surface area (Å²) < 4.78 is 23.0. The average Bonchev–Trinajstić information content (AvgIpc) is 0.798. The van der Waals surface area contributed by atoms with Gasteiger partial charge in [-0.1, -0.05) is 163 Å². The molecule has 790 valence electrons. The summed E-state index contributed by atoms with van der Waals surface area (Å²) in [6.45, 7) is 15.2. The van der Waals surface area contributed by atoms with Gasteiger partial charge >= 0.3 is 23.9 Å². The fraction of sp³-hybridized carbons (Fsp3) is 0.578. The molecule has 0 radical (unpaired) electrons. The van der Waals surface area contributed by atoms with Crippen molar-refractivity contribution >= 4 is 105 Å². The molecular weight excluding hydrogens is 1910 g/mol. The molecule has 0 bridgehead atoms. The van der Waals surface area contributed by atoms with Crippen molar-refractivity contribution in [2.24, 2.45) is 20.6 Å². The van der Waals surface area contributed by atoms with E-state index < -0.39 is 41.1 Å². The van der Waals surface area contributed by atoms with Crippen molar-refractivity contribution in [3.63, 3.8) is 0 Å². The summed E-state index contributed by atoms with van der Waals surface area (Å²) in [5.74, 6) is -5.93. The summed E-state index contributed by atoms with van der Waals surface area (Å²) in [4.78, 5) is 131. The minimum atomic E-state index is -0.723. The summed E-state index contributed by atoms with van der Waals surface area (Å²) in [7, 11) is 0. The van der Waals surface area contributed by atoms with Crippen molar-refractivity contribution in [2.45, 2.75) is 329 Å². The molecule has 4 aromatic carbocycles. The maximum absolute atomic E-state index is 13.2. The highest BCUT2D eigenvalue weighted by Crippen LogP contribution is 2.42. The Hall–Kier alpha value is -11.5. The summed E-state index contributed by atoms with van der Waals surface area (Å²) >= 11 is 19.3. The van der Waals surface area contributed by atoms with Crippen LogP contribution in [0.25, 0.3) is 0 Å². The molecule has 4 fully saturated rings. The minimum Gasteiger partial charge on any atom is -0.508 e. The number of cyclic esters (lactones) is 4. The van der Waals surface area contributed by atoms with Crippen LogP contribution in [-0.2, 0) is 83.2 Å². The van der Waals surface area contributed by atoms with Crippen LogP contribution in [0.2, 0.25) is 15.1 Å². The topological polar surface area (TPSA) is 435 Å². The third kappa shape index (κ3) is 38.5. The lowest BCUT2D eigenvalue weighted by Gasteiger charge is -2.26. The number of allylic oxidation sites excluding steroid dienone is 6. The van der Waals surface area contributed by atoms with Crippen LogP contribution in [0.5, 0.6) is 46.0 Å². The molecule has 8 aliphatic rings. The number of likely N-dealkylation sites (tertiary alicyclic amines) is 4. The zero-order valence-corrected chi connectivity index (χ0v) is 86.7. The number of amides is 4. The van der Waals surface area contributed by atoms with E-state index in [0.29, 0.717) is 106 Å². The Labute approximate surface area is 861 Å². The molecular formula is C109H149Cl3N8O24. The molecule has 4 aromatic rings. The number of ether oxygens (including phenoxy) is 4. The zero-order chi connectivity index (χ0) is 104. The molecule has 0 aliphatic carbocycles. The molecule has 0 saturated carbocycles. The number of hydrogen-bond acceptors (Lipinski definition) is 28. The van der Waals surface area contributed by atoms with Crippen LogP contribution < -0.4 is 0 Å². The van der Waals surface area contributed by atoms with Crippen LogP contribution in [0.15, 0.2) is 111 Å². The molecule has 0 aromatic heterocycles. The van der Waals surface area contributed by atoms with Crippen molar-refractivity contribution in [2.75, 3.05) is 78.8 Å². The smallest absolute Gasteiger partial charge is 0.342 e. The van der Waals surface area contributed by atoms with Gasteiger partial charge in [0.15, 0.2) is 26.4 Å². The van der Waals surface area contributed by atoms with Gasteiger partial charge in [0.05, 0.1) is 37.9 Å². The molecule has 12 rings (SSSR count). The number of rotatable bonds is 20. The number of aromatic hydroxyl groups is 8. The van der Waals surface area contributed by atoms with Gasteiger partial charge in [0.1, 0.15) is 92.7 Å². The molecule has 32 nitrogen and oxygen atoms in total. The van der Waals surface area contributed by atoms with Crippen LogP contribution in [0.3, 0.4) is 0 Å². The second kappa shape index (κ2) is 63.0. The number of phenolic OH excluding ortho intramolecular Hbond substituents is 8. The third-order valence-corrected chi connectivity index (χ3v) is 27.3.